The highest BCUT2D eigenvalue weighted by Crippen LogP contribution is 2.40. The summed E-state index contributed by atoms with van der Waals surface area (Å²) in [5, 5.41) is -0.230. The largest absolute Gasteiger partial charge is 0.497 e. The number of carbonyl (C=O) groups excluding carboxylic acids is 2. The second-order valence-corrected chi connectivity index (χ2v) is 8.49. The number of benzene rings is 1. The Labute approximate surface area is 176 Å². The van der Waals surface area contributed by atoms with Crippen molar-refractivity contribution < 1.29 is 19.1 Å². The van der Waals surface area contributed by atoms with Gasteiger partial charge in [-0.3, -0.25) is 14.7 Å². The Balaban J connectivity index is 1.56. The van der Waals surface area contributed by atoms with E-state index in [4.69, 9.17) is 15.2 Å². The number of esters is 1. The summed E-state index contributed by atoms with van der Waals surface area (Å²) < 4.78 is 10.7. The number of rotatable bonds is 6. The van der Waals surface area contributed by atoms with E-state index in [2.05, 4.69) is 4.98 Å². The zero-order valence-electron chi connectivity index (χ0n) is 15.6. The van der Waals surface area contributed by atoms with Gasteiger partial charge in [0.05, 0.1) is 12.6 Å². The van der Waals surface area contributed by atoms with Crippen LogP contribution in [0.15, 0.2) is 53.3 Å². The van der Waals surface area contributed by atoms with Crippen molar-refractivity contribution in [3.05, 3.63) is 63.8 Å². The van der Waals surface area contributed by atoms with Crippen LogP contribution in [0.2, 0.25) is 0 Å². The number of β-lactam (4-membered cyclic amide) rings is 1. The predicted octanol–water partition coefficient (Wildman–Crippen LogP) is 2.40. The molecule has 2 N–H and O–H groups in total. The number of hydrogen-bond acceptors (Lipinski definition) is 8. The third kappa shape index (κ3) is 3.93. The summed E-state index contributed by atoms with van der Waals surface area (Å²) in [5.41, 5.74) is 9.48. The van der Waals surface area contributed by atoms with Crippen molar-refractivity contribution >= 4 is 41.1 Å². The number of methoxy groups -OCH3 is 1. The minimum Gasteiger partial charge on any atom is -0.497 e. The molecule has 0 bridgehead atoms. The van der Waals surface area contributed by atoms with Gasteiger partial charge in [-0.15, -0.1) is 23.1 Å². The van der Waals surface area contributed by atoms with Crippen molar-refractivity contribution in [3.63, 3.8) is 0 Å². The van der Waals surface area contributed by atoms with E-state index in [-0.39, 0.29) is 23.6 Å². The Hall–Kier alpha value is -2.62. The molecule has 1 amide bonds. The quantitative estimate of drug-likeness (QED) is 0.557. The van der Waals surface area contributed by atoms with E-state index in [9.17, 15) is 9.59 Å². The van der Waals surface area contributed by atoms with E-state index in [1.54, 1.807) is 42.7 Å². The molecule has 0 saturated carbocycles. The highest BCUT2D eigenvalue weighted by Gasteiger charge is 2.51. The van der Waals surface area contributed by atoms with Crippen molar-refractivity contribution in [3.8, 4) is 5.75 Å². The molecule has 0 aliphatic carbocycles. The molecular formula is C20H19N3O4S2. The minimum atomic E-state index is -0.587. The Morgan fingerprint density at radius 1 is 1.34 bits per heavy atom. The number of thioether (sulfide) groups is 1. The van der Waals surface area contributed by atoms with Crippen molar-refractivity contribution in [2.45, 2.75) is 18.0 Å². The van der Waals surface area contributed by atoms with Gasteiger partial charge in [-0.2, -0.15) is 0 Å². The average molecular weight is 430 g/mol. The van der Waals surface area contributed by atoms with Crippen molar-refractivity contribution in [1.82, 2.24) is 9.88 Å². The van der Waals surface area contributed by atoms with E-state index < -0.39 is 12.0 Å². The maximum atomic E-state index is 12.9. The van der Waals surface area contributed by atoms with Gasteiger partial charge in [0.25, 0.3) is 0 Å². The molecule has 4 rings (SSSR count). The second kappa shape index (κ2) is 8.40. The molecule has 2 aliphatic rings. The topological polar surface area (TPSA) is 94.7 Å². The van der Waals surface area contributed by atoms with E-state index in [1.807, 2.05) is 24.3 Å². The number of nitrogens with two attached hydrogens (primary N) is 1. The summed E-state index contributed by atoms with van der Waals surface area (Å²) in [7, 11) is 1.59. The zero-order valence-corrected chi connectivity index (χ0v) is 17.2. The molecule has 9 heteroatoms. The van der Waals surface area contributed by atoms with Crippen molar-refractivity contribution in [1.29, 1.82) is 0 Å². The van der Waals surface area contributed by atoms with Crippen LogP contribution in [-0.2, 0) is 20.9 Å². The number of nitrogens with zero attached hydrogens (tertiary/aromatic N) is 2. The molecule has 1 aromatic carbocycles. The van der Waals surface area contributed by atoms with Gasteiger partial charge in [0.15, 0.2) is 0 Å². The highest BCUT2D eigenvalue weighted by atomic mass is 32.2. The van der Waals surface area contributed by atoms with Gasteiger partial charge in [0.2, 0.25) is 5.91 Å². The van der Waals surface area contributed by atoms with Crippen LogP contribution in [0.4, 0.5) is 0 Å². The van der Waals surface area contributed by atoms with Crippen LogP contribution in [0.1, 0.15) is 10.4 Å². The highest BCUT2D eigenvalue weighted by molar-refractivity contribution is 8.00. The number of allylic oxidation sites excluding steroid dienone is 1. The van der Waals surface area contributed by atoms with Gasteiger partial charge in [0, 0.05) is 16.8 Å². The number of ether oxygens (including phenoxy) is 2. The molecule has 150 valence electrons. The maximum absolute atomic E-state index is 12.9. The molecular weight excluding hydrogens is 410 g/mol. The number of thiazole rings is 1. The fourth-order valence-corrected chi connectivity index (χ4v) is 4.86. The molecule has 2 aromatic rings. The fraction of sp³-hybridized carbons (Fsp3) is 0.250. The first-order valence-electron chi connectivity index (χ1n) is 8.88. The summed E-state index contributed by atoms with van der Waals surface area (Å²) in [6.07, 6.45) is 5.47. The molecule has 3 heterocycles. The molecule has 0 radical (unpaired) electrons. The van der Waals surface area contributed by atoms with E-state index in [0.717, 1.165) is 21.8 Å². The van der Waals surface area contributed by atoms with Crippen LogP contribution < -0.4 is 10.5 Å². The Morgan fingerprint density at radius 3 is 2.83 bits per heavy atom. The third-order valence-electron chi connectivity index (χ3n) is 4.66. The van der Waals surface area contributed by atoms with Crippen LogP contribution in [-0.4, -0.2) is 46.0 Å². The standard InChI is InChI=1S/C20H19N3O4S2/c1-26-14-5-2-12(3-6-14)9-27-20(25)17-13(4-7-15-8-22-11-29-15)10-28-19-16(21)18(24)23(17)19/h2-8,11,16,19H,9-10,21H2,1H3/b7-4+/t16-,19-/m1/s1. The van der Waals surface area contributed by atoms with E-state index in [0.29, 0.717) is 5.75 Å². The molecule has 1 fully saturated rings. The number of aromatic nitrogens is 1. The summed E-state index contributed by atoms with van der Waals surface area (Å²) >= 11 is 3.04. The van der Waals surface area contributed by atoms with Gasteiger partial charge >= 0.3 is 5.97 Å². The van der Waals surface area contributed by atoms with Crippen molar-refractivity contribution in [2.24, 2.45) is 5.73 Å². The lowest BCUT2D eigenvalue weighted by atomic mass is 10.0. The van der Waals surface area contributed by atoms with Gasteiger partial charge in [-0.1, -0.05) is 18.2 Å². The first-order valence-corrected chi connectivity index (χ1v) is 10.8. The molecule has 0 spiro atoms. The molecule has 29 heavy (non-hydrogen) atoms. The lowest BCUT2D eigenvalue weighted by Gasteiger charge is -2.48. The third-order valence-corrected chi connectivity index (χ3v) is 6.73. The second-order valence-electron chi connectivity index (χ2n) is 6.47. The Kier molecular flexibility index (Phi) is 5.70. The molecule has 1 saturated heterocycles. The molecule has 1 aromatic heterocycles. The van der Waals surface area contributed by atoms with Gasteiger partial charge < -0.3 is 15.2 Å². The molecule has 0 unspecified atom stereocenters. The zero-order chi connectivity index (χ0) is 20.4. The maximum Gasteiger partial charge on any atom is 0.355 e. The Morgan fingerprint density at radius 2 is 2.14 bits per heavy atom. The number of fused-ring (bicyclic) bond motifs is 1. The lowest BCUT2D eigenvalue weighted by molar-refractivity contribution is -0.151. The predicted molar refractivity (Wildman–Crippen MR) is 112 cm³/mol. The summed E-state index contributed by atoms with van der Waals surface area (Å²) in [6, 6.07) is 6.68. The number of carbonyl (C=O) groups is 2. The van der Waals surface area contributed by atoms with Crippen LogP contribution in [0.25, 0.3) is 6.08 Å². The summed E-state index contributed by atoms with van der Waals surface area (Å²) in [4.78, 5) is 31.7. The monoisotopic (exact) mass is 429 g/mol. The first-order chi connectivity index (χ1) is 14.1. The van der Waals surface area contributed by atoms with Crippen LogP contribution >= 0.6 is 23.1 Å². The molecule has 7 nitrogen and oxygen atoms in total. The molecule has 2 aliphatic heterocycles. The number of amides is 1. The summed E-state index contributed by atoms with van der Waals surface area (Å²) in [6.45, 7) is 0.101. The smallest absolute Gasteiger partial charge is 0.355 e. The fourth-order valence-electron chi connectivity index (χ4n) is 3.09. The van der Waals surface area contributed by atoms with Crippen LogP contribution in [0, 0.1) is 0 Å². The normalized spacial score (nSPS) is 21.2. The first kappa shape index (κ1) is 19.7. The lowest BCUT2D eigenvalue weighted by Crippen LogP contribution is -2.68. The molecule has 2 atom stereocenters. The SMILES string of the molecule is COc1ccc(COC(=O)C2=C(/C=C/c3cncs3)CS[C@@H]3[C@H](N)C(=O)N23)cc1. The van der Waals surface area contributed by atoms with Gasteiger partial charge in [-0.05, 0) is 29.3 Å². The summed E-state index contributed by atoms with van der Waals surface area (Å²) in [5.74, 6) is 0.507. The average Bonchev–Trinajstić information content (AvgIpc) is 3.28. The minimum absolute atomic E-state index is 0.101. The van der Waals surface area contributed by atoms with Crippen LogP contribution in [0.3, 0.4) is 0 Å². The number of hydrogen-bond donors (Lipinski definition) is 1. The Bertz CT molecular complexity index is 970. The van der Waals surface area contributed by atoms with Gasteiger partial charge in [0.1, 0.15) is 29.5 Å². The van der Waals surface area contributed by atoms with E-state index >= 15 is 0 Å². The van der Waals surface area contributed by atoms with Gasteiger partial charge in [-0.25, -0.2) is 4.79 Å². The van der Waals surface area contributed by atoms with Crippen LogP contribution in [0.5, 0.6) is 5.75 Å². The van der Waals surface area contributed by atoms with Crippen molar-refractivity contribution in [2.75, 3.05) is 12.9 Å². The van der Waals surface area contributed by atoms with E-state index in [1.165, 1.54) is 16.2 Å².